The molecule has 2 aromatic carbocycles. The van der Waals surface area contributed by atoms with Crippen LogP contribution in [0.5, 0.6) is 5.75 Å². The van der Waals surface area contributed by atoms with Crippen molar-refractivity contribution < 1.29 is 17.9 Å². The minimum absolute atomic E-state index is 0.115. The molecule has 1 aliphatic rings. The Morgan fingerprint density at radius 2 is 1.83 bits per heavy atom. The number of hydrogen-bond acceptors (Lipinski definition) is 6. The lowest BCUT2D eigenvalue weighted by molar-refractivity contribution is -0.117. The highest BCUT2D eigenvalue weighted by molar-refractivity contribution is 7.90. The van der Waals surface area contributed by atoms with Crippen molar-refractivity contribution in [2.75, 3.05) is 55.8 Å². The van der Waals surface area contributed by atoms with Crippen LogP contribution >= 0.6 is 11.6 Å². The Morgan fingerprint density at radius 3 is 2.50 bits per heavy atom. The molecular weight excluding hydrogens is 426 g/mol. The summed E-state index contributed by atoms with van der Waals surface area (Å²) in [6.45, 7) is 5.80. The molecule has 0 spiro atoms. The zero-order valence-electron chi connectivity index (χ0n) is 17.1. The average Bonchev–Trinajstić information content (AvgIpc) is 2.70. The van der Waals surface area contributed by atoms with Gasteiger partial charge in [-0.15, -0.1) is 0 Å². The van der Waals surface area contributed by atoms with Gasteiger partial charge in [0, 0.05) is 32.4 Å². The highest BCUT2D eigenvalue weighted by atomic mass is 35.5. The third-order valence-corrected chi connectivity index (χ3v) is 6.33. The summed E-state index contributed by atoms with van der Waals surface area (Å²) < 4.78 is 29.2. The van der Waals surface area contributed by atoms with Crippen molar-refractivity contribution in [1.82, 2.24) is 4.90 Å². The van der Waals surface area contributed by atoms with Gasteiger partial charge < -0.3 is 15.0 Å². The van der Waals surface area contributed by atoms with Gasteiger partial charge in [0.15, 0.2) is 9.84 Å². The van der Waals surface area contributed by atoms with E-state index in [-0.39, 0.29) is 17.3 Å². The predicted octanol–water partition coefficient (Wildman–Crippen LogP) is 2.90. The summed E-state index contributed by atoms with van der Waals surface area (Å²) in [6.07, 6.45) is 1.12. The maximum Gasteiger partial charge on any atom is 0.238 e. The number of carbonyl (C=O) groups excluding carboxylic acids is 1. The number of rotatable bonds is 7. The normalized spacial score (nSPS) is 15.1. The lowest BCUT2D eigenvalue weighted by Gasteiger charge is -2.36. The van der Waals surface area contributed by atoms with Gasteiger partial charge in [0.1, 0.15) is 5.75 Å². The minimum atomic E-state index is -3.38. The number of nitrogens with zero attached hydrogens (tertiary/aromatic N) is 2. The zero-order valence-corrected chi connectivity index (χ0v) is 18.7. The number of nitrogens with one attached hydrogen (secondary N) is 1. The van der Waals surface area contributed by atoms with Crippen molar-refractivity contribution >= 4 is 38.7 Å². The van der Waals surface area contributed by atoms with E-state index in [1.807, 2.05) is 31.2 Å². The van der Waals surface area contributed by atoms with Crippen LogP contribution in [0.3, 0.4) is 0 Å². The van der Waals surface area contributed by atoms with Gasteiger partial charge in [0.05, 0.1) is 34.4 Å². The van der Waals surface area contributed by atoms with E-state index in [0.29, 0.717) is 17.3 Å². The molecule has 1 heterocycles. The molecular formula is C21H26ClN3O4S. The Morgan fingerprint density at radius 1 is 1.13 bits per heavy atom. The Balaban J connectivity index is 1.58. The molecule has 0 aromatic heterocycles. The van der Waals surface area contributed by atoms with Crippen LogP contribution in [0.15, 0.2) is 47.4 Å². The first-order valence-electron chi connectivity index (χ1n) is 9.76. The highest BCUT2D eigenvalue weighted by Crippen LogP contribution is 2.29. The first-order chi connectivity index (χ1) is 14.3. The molecule has 1 aliphatic heterocycles. The second kappa shape index (κ2) is 9.68. The summed E-state index contributed by atoms with van der Waals surface area (Å²) in [6, 6.07) is 12.2. The molecule has 1 amide bonds. The number of ether oxygens (including phenoxy) is 1. The van der Waals surface area contributed by atoms with Crippen molar-refractivity contribution in [3.8, 4) is 5.75 Å². The quantitative estimate of drug-likeness (QED) is 0.697. The van der Waals surface area contributed by atoms with E-state index < -0.39 is 9.84 Å². The van der Waals surface area contributed by atoms with E-state index in [4.69, 9.17) is 16.3 Å². The molecule has 30 heavy (non-hydrogen) atoms. The van der Waals surface area contributed by atoms with Crippen molar-refractivity contribution in [3.05, 3.63) is 47.5 Å². The van der Waals surface area contributed by atoms with Gasteiger partial charge in [-0.2, -0.15) is 0 Å². The molecule has 7 nitrogen and oxygen atoms in total. The molecule has 0 unspecified atom stereocenters. The molecule has 2 aromatic rings. The van der Waals surface area contributed by atoms with E-state index in [2.05, 4.69) is 15.1 Å². The molecule has 3 rings (SSSR count). The SMILES string of the molecule is CCOc1ccccc1N1CCN(CC(=O)Nc2cc(S(C)(=O)=O)ccc2Cl)CC1. The van der Waals surface area contributed by atoms with Gasteiger partial charge >= 0.3 is 0 Å². The van der Waals surface area contributed by atoms with Crippen LogP contribution in [0.4, 0.5) is 11.4 Å². The summed E-state index contributed by atoms with van der Waals surface area (Å²) in [5, 5.41) is 3.03. The van der Waals surface area contributed by atoms with Crippen LogP contribution in [0.1, 0.15) is 6.92 Å². The summed E-state index contributed by atoms with van der Waals surface area (Å²) >= 11 is 6.12. The summed E-state index contributed by atoms with van der Waals surface area (Å²) in [4.78, 5) is 16.9. The smallest absolute Gasteiger partial charge is 0.238 e. The molecule has 1 fully saturated rings. The van der Waals surface area contributed by atoms with Gasteiger partial charge in [-0.25, -0.2) is 8.42 Å². The van der Waals surface area contributed by atoms with Crippen molar-refractivity contribution in [2.45, 2.75) is 11.8 Å². The molecule has 1 saturated heterocycles. The molecule has 162 valence electrons. The monoisotopic (exact) mass is 451 g/mol. The van der Waals surface area contributed by atoms with Crippen LogP contribution in [0.25, 0.3) is 0 Å². The number of halogens is 1. The number of hydrogen-bond donors (Lipinski definition) is 1. The Bertz CT molecular complexity index is 1010. The van der Waals surface area contributed by atoms with E-state index in [0.717, 1.165) is 43.9 Å². The standard InChI is InChI=1S/C21H26ClN3O4S/c1-3-29-20-7-5-4-6-19(20)25-12-10-24(11-13-25)15-21(26)23-18-14-16(30(2,27)28)8-9-17(18)22/h4-9,14H,3,10-13,15H2,1-2H3,(H,23,26). The van der Waals surface area contributed by atoms with Gasteiger partial charge in [-0.1, -0.05) is 23.7 Å². The topological polar surface area (TPSA) is 79.0 Å². The van der Waals surface area contributed by atoms with Crippen molar-refractivity contribution in [2.24, 2.45) is 0 Å². The number of amides is 1. The van der Waals surface area contributed by atoms with Crippen LogP contribution < -0.4 is 15.0 Å². The summed E-state index contributed by atoms with van der Waals surface area (Å²) in [7, 11) is -3.38. The molecule has 0 radical (unpaired) electrons. The number of sulfone groups is 1. The van der Waals surface area contributed by atoms with Gasteiger partial charge in [0.25, 0.3) is 0 Å². The number of para-hydroxylation sites is 2. The van der Waals surface area contributed by atoms with Crippen LogP contribution in [-0.4, -0.2) is 64.8 Å². The molecule has 9 heteroatoms. The third kappa shape index (κ3) is 5.65. The minimum Gasteiger partial charge on any atom is -0.492 e. The van der Waals surface area contributed by atoms with Crippen LogP contribution in [-0.2, 0) is 14.6 Å². The van der Waals surface area contributed by atoms with Crippen LogP contribution in [0, 0.1) is 0 Å². The Kier molecular flexibility index (Phi) is 7.23. The second-order valence-corrected chi connectivity index (χ2v) is 9.55. The fourth-order valence-electron chi connectivity index (χ4n) is 3.37. The molecule has 0 saturated carbocycles. The summed E-state index contributed by atoms with van der Waals surface area (Å²) in [5.41, 5.74) is 1.36. The van der Waals surface area contributed by atoms with E-state index >= 15 is 0 Å². The fourth-order valence-corrected chi connectivity index (χ4v) is 4.18. The molecule has 0 aliphatic carbocycles. The average molecular weight is 452 g/mol. The van der Waals surface area contributed by atoms with E-state index in [1.165, 1.54) is 18.2 Å². The number of anilines is 2. The number of piperazine rings is 1. The van der Waals surface area contributed by atoms with Gasteiger partial charge in [0.2, 0.25) is 5.91 Å². The number of carbonyl (C=O) groups is 1. The van der Waals surface area contributed by atoms with Crippen molar-refractivity contribution in [1.29, 1.82) is 0 Å². The largest absolute Gasteiger partial charge is 0.492 e. The lowest BCUT2D eigenvalue weighted by atomic mass is 10.2. The molecule has 0 atom stereocenters. The maximum atomic E-state index is 12.5. The third-order valence-electron chi connectivity index (χ3n) is 4.89. The first kappa shape index (κ1) is 22.4. The Hall–Kier alpha value is -2.29. The second-order valence-electron chi connectivity index (χ2n) is 7.13. The highest BCUT2D eigenvalue weighted by Gasteiger charge is 2.21. The van der Waals surface area contributed by atoms with Crippen molar-refractivity contribution in [3.63, 3.8) is 0 Å². The summed E-state index contributed by atoms with van der Waals surface area (Å²) in [5.74, 6) is 0.636. The lowest BCUT2D eigenvalue weighted by Crippen LogP contribution is -2.48. The zero-order chi connectivity index (χ0) is 21.7. The van der Waals surface area contributed by atoms with Crippen LogP contribution in [0.2, 0.25) is 5.02 Å². The molecule has 0 bridgehead atoms. The van der Waals surface area contributed by atoms with Gasteiger partial charge in [-0.05, 0) is 37.3 Å². The maximum absolute atomic E-state index is 12.5. The predicted molar refractivity (Wildman–Crippen MR) is 119 cm³/mol. The fraction of sp³-hybridized carbons (Fsp3) is 0.381. The molecule has 1 N–H and O–H groups in total. The van der Waals surface area contributed by atoms with E-state index in [9.17, 15) is 13.2 Å². The van der Waals surface area contributed by atoms with E-state index in [1.54, 1.807) is 0 Å². The van der Waals surface area contributed by atoms with Gasteiger partial charge in [-0.3, -0.25) is 9.69 Å². The first-order valence-corrected chi connectivity index (χ1v) is 12.0. The number of benzene rings is 2. The Labute approximate surface area is 182 Å².